The molecule has 0 saturated carbocycles. The van der Waals surface area contributed by atoms with Gasteiger partial charge in [0.25, 0.3) is 0 Å². The van der Waals surface area contributed by atoms with Crippen molar-refractivity contribution >= 4 is 11.6 Å². The van der Waals surface area contributed by atoms with Gasteiger partial charge in [0, 0.05) is 41.9 Å². The van der Waals surface area contributed by atoms with Crippen LogP contribution < -0.4 is 9.47 Å². The first-order valence-corrected chi connectivity index (χ1v) is 17.3. The minimum Gasteiger partial charge on any atom is -0.494 e. The topological polar surface area (TPSA) is 63.3 Å². The molecule has 4 aromatic rings. The molecule has 3 aromatic carbocycles. The molecule has 0 N–H and O–H groups in total. The van der Waals surface area contributed by atoms with Gasteiger partial charge in [-0.1, -0.05) is 51.6 Å². The van der Waals surface area contributed by atoms with E-state index >= 15 is 0 Å². The molecule has 0 bridgehead atoms. The molecule has 7 heteroatoms. The number of unbranched alkanes of at least 4 members (excludes halogenated alkanes) is 1. The van der Waals surface area contributed by atoms with E-state index in [1.54, 1.807) is 0 Å². The van der Waals surface area contributed by atoms with Crippen LogP contribution in [0.4, 0.5) is 0 Å². The van der Waals surface area contributed by atoms with Crippen LogP contribution in [0, 0.1) is 17.2 Å². The third-order valence-corrected chi connectivity index (χ3v) is 8.77. The first-order valence-electron chi connectivity index (χ1n) is 17.0. The van der Waals surface area contributed by atoms with Crippen molar-refractivity contribution in [3.05, 3.63) is 89.8 Å². The molecule has 0 aliphatic rings. The van der Waals surface area contributed by atoms with Crippen LogP contribution in [-0.2, 0) is 6.42 Å². The SMILES string of the molecule is CCCCC(CCC#N)CCCc1nc(-c2ccc(OCCCN(CC)CC)cc2)cn1-c1ccc(Oc2ccc(Cl)cc2)cc1. The van der Waals surface area contributed by atoms with Crippen LogP contribution in [0.1, 0.15) is 78.0 Å². The molecule has 6 nitrogen and oxygen atoms in total. The number of imidazole rings is 1. The molecule has 0 amide bonds. The first-order chi connectivity index (χ1) is 22.5. The van der Waals surface area contributed by atoms with Crippen molar-refractivity contribution in [2.75, 3.05) is 26.2 Å². The zero-order valence-electron chi connectivity index (χ0n) is 27.8. The third kappa shape index (κ3) is 10.9. The second kappa shape index (κ2) is 19.0. The Hall–Kier alpha value is -3.79. The Balaban J connectivity index is 1.48. The molecule has 0 aliphatic carbocycles. The van der Waals surface area contributed by atoms with E-state index in [1.165, 1.54) is 19.3 Å². The largest absolute Gasteiger partial charge is 0.494 e. The number of nitrogens with zero attached hydrogens (tertiary/aromatic N) is 4. The van der Waals surface area contributed by atoms with Gasteiger partial charge < -0.3 is 18.9 Å². The van der Waals surface area contributed by atoms with E-state index in [9.17, 15) is 0 Å². The van der Waals surface area contributed by atoms with Crippen molar-refractivity contribution in [2.45, 2.75) is 78.6 Å². The van der Waals surface area contributed by atoms with Crippen molar-refractivity contribution in [1.29, 1.82) is 5.26 Å². The smallest absolute Gasteiger partial charge is 0.127 e. The van der Waals surface area contributed by atoms with Crippen LogP contribution >= 0.6 is 11.6 Å². The second-order valence-electron chi connectivity index (χ2n) is 11.8. The van der Waals surface area contributed by atoms with Crippen LogP contribution in [0.3, 0.4) is 0 Å². The summed E-state index contributed by atoms with van der Waals surface area (Å²) >= 11 is 6.03. The molecule has 0 fully saturated rings. The highest BCUT2D eigenvalue weighted by atomic mass is 35.5. The Labute approximate surface area is 280 Å². The maximum absolute atomic E-state index is 9.15. The fourth-order valence-corrected chi connectivity index (χ4v) is 5.88. The summed E-state index contributed by atoms with van der Waals surface area (Å²) in [7, 11) is 0. The van der Waals surface area contributed by atoms with Gasteiger partial charge in [0.15, 0.2) is 0 Å². The molecule has 4 rings (SSSR count). The van der Waals surface area contributed by atoms with Crippen molar-refractivity contribution in [3.8, 4) is 40.3 Å². The summed E-state index contributed by atoms with van der Waals surface area (Å²) in [6.07, 6.45) is 11.4. The van der Waals surface area contributed by atoms with E-state index in [1.807, 2.05) is 48.5 Å². The molecule has 0 spiro atoms. The molecular weight excluding hydrogens is 592 g/mol. The lowest BCUT2D eigenvalue weighted by atomic mass is 9.92. The Bertz CT molecular complexity index is 1470. The molecule has 0 aliphatic heterocycles. The summed E-state index contributed by atoms with van der Waals surface area (Å²) < 4.78 is 14.3. The van der Waals surface area contributed by atoms with Crippen molar-refractivity contribution in [3.63, 3.8) is 0 Å². The van der Waals surface area contributed by atoms with Crippen molar-refractivity contribution in [1.82, 2.24) is 14.5 Å². The molecule has 1 heterocycles. The number of aromatic nitrogens is 2. The lowest BCUT2D eigenvalue weighted by Crippen LogP contribution is -2.25. The van der Waals surface area contributed by atoms with Gasteiger partial charge in [-0.2, -0.15) is 5.26 Å². The number of nitriles is 1. The van der Waals surface area contributed by atoms with Crippen LogP contribution in [-0.4, -0.2) is 40.7 Å². The minimum absolute atomic E-state index is 0.589. The van der Waals surface area contributed by atoms with Crippen LogP contribution in [0.5, 0.6) is 17.2 Å². The summed E-state index contributed by atoms with van der Waals surface area (Å²) in [5, 5.41) is 9.83. The van der Waals surface area contributed by atoms with E-state index in [0.717, 1.165) is 91.8 Å². The molecule has 46 heavy (non-hydrogen) atoms. The van der Waals surface area contributed by atoms with Gasteiger partial charge in [-0.15, -0.1) is 0 Å². The highest BCUT2D eigenvalue weighted by Crippen LogP contribution is 2.29. The minimum atomic E-state index is 0.589. The number of rotatable bonds is 20. The van der Waals surface area contributed by atoms with Crippen LogP contribution in [0.15, 0.2) is 79.0 Å². The maximum atomic E-state index is 9.15. The van der Waals surface area contributed by atoms with E-state index in [2.05, 4.69) is 66.8 Å². The molecule has 0 radical (unpaired) electrons. The molecule has 0 saturated heterocycles. The number of benzene rings is 3. The average molecular weight is 641 g/mol. The fraction of sp³-hybridized carbons (Fsp3) is 0.436. The highest BCUT2D eigenvalue weighted by molar-refractivity contribution is 6.30. The van der Waals surface area contributed by atoms with E-state index < -0.39 is 0 Å². The number of hydrogen-bond donors (Lipinski definition) is 0. The van der Waals surface area contributed by atoms with Gasteiger partial charge in [-0.05, 0) is 117 Å². The zero-order chi connectivity index (χ0) is 32.6. The molecule has 1 aromatic heterocycles. The standard InChI is InChI=1S/C39H49ClN4O2/c1-4-7-11-31(13-9-27-41)12-8-14-39-42-38(32-15-21-35(22-16-32)45-29-10-28-43(5-2)6-3)30-44(39)34-19-25-37(26-20-34)46-36-23-17-33(40)18-24-36/h15-26,30-31H,4-14,28-29H2,1-3H3. The summed E-state index contributed by atoms with van der Waals surface area (Å²) in [5.41, 5.74) is 3.04. The number of halogens is 1. The fourth-order valence-electron chi connectivity index (χ4n) is 5.75. The maximum Gasteiger partial charge on any atom is 0.127 e. The normalized spacial score (nSPS) is 11.8. The van der Waals surface area contributed by atoms with E-state index in [-0.39, 0.29) is 0 Å². The van der Waals surface area contributed by atoms with Crippen LogP contribution in [0.25, 0.3) is 16.9 Å². The van der Waals surface area contributed by atoms with E-state index in [0.29, 0.717) is 24.0 Å². The lowest BCUT2D eigenvalue weighted by molar-refractivity contribution is 0.249. The Morgan fingerprint density at radius 3 is 2.13 bits per heavy atom. The lowest BCUT2D eigenvalue weighted by Gasteiger charge is -2.17. The van der Waals surface area contributed by atoms with Crippen LogP contribution in [0.2, 0.25) is 5.02 Å². The quantitative estimate of drug-likeness (QED) is 0.0899. The molecule has 244 valence electrons. The monoisotopic (exact) mass is 640 g/mol. The van der Waals surface area contributed by atoms with Gasteiger partial charge in [0.2, 0.25) is 0 Å². The van der Waals surface area contributed by atoms with Gasteiger partial charge in [-0.3, -0.25) is 0 Å². The van der Waals surface area contributed by atoms with Gasteiger partial charge in [-0.25, -0.2) is 4.98 Å². The Morgan fingerprint density at radius 2 is 1.48 bits per heavy atom. The van der Waals surface area contributed by atoms with Crippen molar-refractivity contribution in [2.24, 2.45) is 5.92 Å². The summed E-state index contributed by atoms with van der Waals surface area (Å²) in [5.74, 6) is 4.01. The number of ether oxygens (including phenoxy) is 2. The number of aryl methyl sites for hydroxylation is 1. The Morgan fingerprint density at radius 1 is 0.826 bits per heavy atom. The Kier molecular flexibility index (Phi) is 14.5. The van der Waals surface area contributed by atoms with Crippen molar-refractivity contribution < 1.29 is 9.47 Å². The van der Waals surface area contributed by atoms with Gasteiger partial charge in [0.1, 0.15) is 23.1 Å². The predicted molar refractivity (Wildman–Crippen MR) is 189 cm³/mol. The zero-order valence-corrected chi connectivity index (χ0v) is 28.5. The summed E-state index contributed by atoms with van der Waals surface area (Å²) in [4.78, 5) is 7.56. The van der Waals surface area contributed by atoms with Gasteiger partial charge in [0.05, 0.1) is 18.4 Å². The first kappa shape index (κ1) is 35.1. The number of hydrogen-bond acceptors (Lipinski definition) is 5. The highest BCUT2D eigenvalue weighted by Gasteiger charge is 2.14. The van der Waals surface area contributed by atoms with E-state index in [4.69, 9.17) is 31.3 Å². The third-order valence-electron chi connectivity index (χ3n) is 8.52. The summed E-state index contributed by atoms with van der Waals surface area (Å²) in [6, 6.07) is 26.1. The summed E-state index contributed by atoms with van der Waals surface area (Å²) in [6.45, 7) is 10.5. The molecular formula is C39H49ClN4O2. The molecule has 1 atom stereocenters. The van der Waals surface area contributed by atoms with Gasteiger partial charge >= 0.3 is 0 Å². The second-order valence-corrected chi connectivity index (χ2v) is 12.2. The molecule has 1 unspecified atom stereocenters. The average Bonchev–Trinajstić information content (AvgIpc) is 3.51. The predicted octanol–water partition coefficient (Wildman–Crippen LogP) is 10.5.